The zero-order chi connectivity index (χ0) is 17.1. The van der Waals surface area contributed by atoms with E-state index in [1.165, 1.54) is 0 Å². The predicted octanol–water partition coefficient (Wildman–Crippen LogP) is 3.34. The highest BCUT2D eigenvalue weighted by molar-refractivity contribution is 6.29. The number of fused-ring (bicyclic) bond motifs is 1. The second-order valence-electron chi connectivity index (χ2n) is 5.18. The van der Waals surface area contributed by atoms with Crippen molar-refractivity contribution in [3.63, 3.8) is 0 Å². The third-order valence-electron chi connectivity index (χ3n) is 3.50. The average Bonchev–Trinajstić information content (AvgIpc) is 2.59. The Morgan fingerprint density at radius 3 is 2.42 bits per heavy atom. The molecule has 2 N–H and O–H groups in total. The largest absolute Gasteiger partial charge is 0.457 e. The Morgan fingerprint density at radius 2 is 1.71 bits per heavy atom. The molecule has 3 rings (SSSR count). The van der Waals surface area contributed by atoms with E-state index in [0.29, 0.717) is 21.8 Å². The van der Waals surface area contributed by atoms with Crippen molar-refractivity contribution in [2.24, 2.45) is 5.73 Å². The van der Waals surface area contributed by atoms with Gasteiger partial charge in [-0.15, -0.1) is 0 Å². The number of halogens is 1. The summed E-state index contributed by atoms with van der Waals surface area (Å²) in [5.41, 5.74) is 7.49. The molecular weight excluding hydrogens is 328 g/mol. The highest BCUT2D eigenvalue weighted by Crippen LogP contribution is 2.18. The number of esters is 1. The van der Waals surface area contributed by atoms with Crippen LogP contribution in [0.25, 0.3) is 10.9 Å². The second kappa shape index (κ2) is 6.68. The number of rotatable bonds is 4. The smallest absolute Gasteiger partial charge is 0.338 e. The molecule has 0 bridgehead atoms. The number of ether oxygens (including phenoxy) is 1. The van der Waals surface area contributed by atoms with Crippen LogP contribution in [0, 0.1) is 0 Å². The maximum Gasteiger partial charge on any atom is 0.338 e. The van der Waals surface area contributed by atoms with Crippen LogP contribution >= 0.6 is 11.6 Å². The summed E-state index contributed by atoms with van der Waals surface area (Å²) < 4.78 is 5.29. The summed E-state index contributed by atoms with van der Waals surface area (Å²) in [7, 11) is 0. The lowest BCUT2D eigenvalue weighted by Gasteiger charge is -2.06. The number of amides is 1. The van der Waals surface area contributed by atoms with Crippen LogP contribution < -0.4 is 5.73 Å². The number of nitrogens with zero attached hydrogens (tertiary/aromatic N) is 1. The fourth-order valence-electron chi connectivity index (χ4n) is 2.23. The quantitative estimate of drug-likeness (QED) is 0.583. The third-order valence-corrected chi connectivity index (χ3v) is 3.71. The summed E-state index contributed by atoms with van der Waals surface area (Å²) in [6, 6.07) is 15.1. The van der Waals surface area contributed by atoms with Crippen molar-refractivity contribution in [3.05, 3.63) is 76.4 Å². The Hall–Kier alpha value is -2.92. The first kappa shape index (κ1) is 16.0. The van der Waals surface area contributed by atoms with E-state index in [2.05, 4.69) is 4.98 Å². The van der Waals surface area contributed by atoms with E-state index < -0.39 is 11.9 Å². The Morgan fingerprint density at radius 1 is 1.00 bits per heavy atom. The Bertz CT molecular complexity index is 923. The molecule has 0 saturated carbocycles. The first-order chi connectivity index (χ1) is 11.5. The van der Waals surface area contributed by atoms with Crippen LogP contribution in [0.4, 0.5) is 0 Å². The van der Waals surface area contributed by atoms with Crippen LogP contribution in [0.3, 0.4) is 0 Å². The normalized spacial score (nSPS) is 10.5. The second-order valence-corrected chi connectivity index (χ2v) is 5.57. The van der Waals surface area contributed by atoms with Crippen LogP contribution in [0.15, 0.2) is 54.6 Å². The van der Waals surface area contributed by atoms with Gasteiger partial charge in [0, 0.05) is 10.9 Å². The average molecular weight is 341 g/mol. The number of nitrogens with two attached hydrogens (primary N) is 1. The molecule has 0 radical (unpaired) electrons. The van der Waals surface area contributed by atoms with Crippen molar-refractivity contribution in [2.45, 2.75) is 6.61 Å². The molecule has 0 unspecified atom stereocenters. The maximum atomic E-state index is 12.2. The van der Waals surface area contributed by atoms with Gasteiger partial charge in [0.15, 0.2) is 0 Å². The van der Waals surface area contributed by atoms with Crippen LogP contribution in [-0.4, -0.2) is 16.9 Å². The predicted molar refractivity (Wildman–Crippen MR) is 90.8 cm³/mol. The van der Waals surface area contributed by atoms with Crippen molar-refractivity contribution >= 4 is 34.4 Å². The molecule has 6 heteroatoms. The van der Waals surface area contributed by atoms with Gasteiger partial charge in [0.2, 0.25) is 5.91 Å². The van der Waals surface area contributed by atoms with Gasteiger partial charge >= 0.3 is 5.97 Å². The topological polar surface area (TPSA) is 82.3 Å². The van der Waals surface area contributed by atoms with Gasteiger partial charge in [-0.25, -0.2) is 9.78 Å². The van der Waals surface area contributed by atoms with Crippen LogP contribution in [0.1, 0.15) is 26.3 Å². The summed E-state index contributed by atoms with van der Waals surface area (Å²) in [6.07, 6.45) is 0. The summed E-state index contributed by atoms with van der Waals surface area (Å²) >= 11 is 5.84. The van der Waals surface area contributed by atoms with Gasteiger partial charge in [0.25, 0.3) is 0 Å². The summed E-state index contributed by atoms with van der Waals surface area (Å²) in [5, 5.41) is 1.21. The zero-order valence-corrected chi connectivity index (χ0v) is 13.3. The molecule has 1 amide bonds. The summed E-state index contributed by atoms with van der Waals surface area (Å²) in [4.78, 5) is 27.3. The number of primary amides is 1. The summed E-state index contributed by atoms with van der Waals surface area (Å²) in [6.45, 7) is 0.106. The van der Waals surface area contributed by atoms with Gasteiger partial charge in [-0.1, -0.05) is 23.7 Å². The minimum atomic E-state index is -0.497. The molecule has 0 saturated heterocycles. The molecule has 24 heavy (non-hydrogen) atoms. The number of hydrogen-bond donors (Lipinski definition) is 1. The standard InChI is InChI=1S/C18H13ClN2O3/c19-16-8-6-13-9-14(5-7-15(13)21-16)18(23)24-10-11-1-3-12(4-2-11)17(20)22/h1-9H,10H2,(H2,20,22). The van der Waals surface area contributed by atoms with E-state index >= 15 is 0 Å². The van der Waals surface area contributed by atoms with E-state index in [1.807, 2.05) is 0 Å². The highest BCUT2D eigenvalue weighted by atomic mass is 35.5. The number of pyridine rings is 1. The lowest BCUT2D eigenvalue weighted by Crippen LogP contribution is -2.11. The van der Waals surface area contributed by atoms with Gasteiger partial charge in [0.05, 0.1) is 11.1 Å². The van der Waals surface area contributed by atoms with Gasteiger partial charge in [-0.05, 0) is 48.0 Å². The molecular formula is C18H13ClN2O3. The molecule has 0 atom stereocenters. The van der Waals surface area contributed by atoms with Gasteiger partial charge in [0.1, 0.15) is 11.8 Å². The van der Waals surface area contributed by atoms with E-state index in [4.69, 9.17) is 22.1 Å². The SMILES string of the molecule is NC(=O)c1ccc(COC(=O)c2ccc3nc(Cl)ccc3c2)cc1. The van der Waals surface area contributed by atoms with Crippen molar-refractivity contribution in [2.75, 3.05) is 0 Å². The molecule has 0 aliphatic carbocycles. The fourth-order valence-corrected chi connectivity index (χ4v) is 2.38. The van der Waals surface area contributed by atoms with E-state index in [1.54, 1.807) is 54.6 Å². The highest BCUT2D eigenvalue weighted by Gasteiger charge is 2.09. The van der Waals surface area contributed by atoms with E-state index in [9.17, 15) is 9.59 Å². The van der Waals surface area contributed by atoms with Crippen molar-refractivity contribution in [1.29, 1.82) is 0 Å². The molecule has 120 valence electrons. The monoisotopic (exact) mass is 340 g/mol. The minimum absolute atomic E-state index is 0.106. The molecule has 1 aromatic heterocycles. The van der Waals surface area contributed by atoms with E-state index in [0.717, 1.165) is 10.9 Å². The maximum absolute atomic E-state index is 12.2. The number of carbonyl (C=O) groups is 2. The lowest BCUT2D eigenvalue weighted by molar-refractivity contribution is 0.0472. The molecule has 0 aliphatic rings. The number of hydrogen-bond acceptors (Lipinski definition) is 4. The molecule has 3 aromatic rings. The molecule has 0 spiro atoms. The first-order valence-corrected chi connectivity index (χ1v) is 7.53. The molecule has 0 aliphatic heterocycles. The summed E-state index contributed by atoms with van der Waals surface area (Å²) in [5.74, 6) is -0.936. The molecule has 5 nitrogen and oxygen atoms in total. The Kier molecular flexibility index (Phi) is 4.44. The Labute approximate surface area is 143 Å². The zero-order valence-electron chi connectivity index (χ0n) is 12.5. The molecule has 0 fully saturated rings. The fraction of sp³-hybridized carbons (Fsp3) is 0.0556. The minimum Gasteiger partial charge on any atom is -0.457 e. The lowest BCUT2D eigenvalue weighted by atomic mass is 10.1. The van der Waals surface area contributed by atoms with Crippen LogP contribution in [0.5, 0.6) is 0 Å². The first-order valence-electron chi connectivity index (χ1n) is 7.15. The van der Waals surface area contributed by atoms with Crippen molar-refractivity contribution in [3.8, 4) is 0 Å². The van der Waals surface area contributed by atoms with Crippen molar-refractivity contribution in [1.82, 2.24) is 4.98 Å². The number of aromatic nitrogens is 1. The van der Waals surface area contributed by atoms with Gasteiger partial charge < -0.3 is 10.5 Å². The van der Waals surface area contributed by atoms with Crippen LogP contribution in [-0.2, 0) is 11.3 Å². The van der Waals surface area contributed by atoms with Crippen molar-refractivity contribution < 1.29 is 14.3 Å². The van der Waals surface area contributed by atoms with Gasteiger partial charge in [-0.3, -0.25) is 4.79 Å². The van der Waals surface area contributed by atoms with Gasteiger partial charge in [-0.2, -0.15) is 0 Å². The number of benzene rings is 2. The Balaban J connectivity index is 1.70. The third kappa shape index (κ3) is 3.52. The molecule has 1 heterocycles. The van der Waals surface area contributed by atoms with E-state index in [-0.39, 0.29) is 6.61 Å². The van der Waals surface area contributed by atoms with Crippen LogP contribution in [0.2, 0.25) is 5.15 Å². The number of carbonyl (C=O) groups excluding carboxylic acids is 2. The molecule has 2 aromatic carbocycles.